The Kier molecular flexibility index (Phi) is 7.06. The number of anilines is 1. The Morgan fingerprint density at radius 1 is 1.15 bits per heavy atom. The zero-order valence-electron chi connectivity index (χ0n) is 15.4. The van der Waals surface area contributed by atoms with E-state index in [2.05, 4.69) is 10.1 Å². The molecule has 0 spiro atoms. The summed E-state index contributed by atoms with van der Waals surface area (Å²) in [5.74, 6) is -0.462. The second kappa shape index (κ2) is 9.07. The molecule has 1 N–H and O–H groups in total. The molecule has 2 rings (SSSR count). The molecule has 1 aliphatic rings. The molecule has 1 heterocycles. The SMILES string of the molecule is CCC(C)C(=O)N1CCN(CC(=O)Nc2ccc(OC(F)(F)F)cc2)CC1. The first-order valence-electron chi connectivity index (χ1n) is 8.84. The lowest BCUT2D eigenvalue weighted by Gasteiger charge is -2.35. The van der Waals surface area contributed by atoms with Gasteiger partial charge in [-0.2, -0.15) is 0 Å². The summed E-state index contributed by atoms with van der Waals surface area (Å²) in [4.78, 5) is 28.0. The summed E-state index contributed by atoms with van der Waals surface area (Å²) in [7, 11) is 0. The molecule has 9 heteroatoms. The zero-order chi connectivity index (χ0) is 20.0. The molecular formula is C18H24F3N3O3. The monoisotopic (exact) mass is 387 g/mol. The summed E-state index contributed by atoms with van der Waals surface area (Å²) in [6.45, 7) is 6.42. The minimum Gasteiger partial charge on any atom is -0.406 e. The minimum atomic E-state index is -4.75. The predicted molar refractivity (Wildman–Crippen MR) is 94.2 cm³/mol. The summed E-state index contributed by atoms with van der Waals surface area (Å²) in [5, 5.41) is 2.64. The third-order valence-electron chi connectivity index (χ3n) is 4.46. The molecule has 1 aromatic carbocycles. The molecule has 1 fully saturated rings. The van der Waals surface area contributed by atoms with E-state index in [0.717, 1.165) is 18.6 Å². The van der Waals surface area contributed by atoms with E-state index in [-0.39, 0.29) is 30.0 Å². The highest BCUT2D eigenvalue weighted by atomic mass is 19.4. The maximum atomic E-state index is 12.2. The number of rotatable bonds is 6. The Balaban J connectivity index is 1.77. The third kappa shape index (κ3) is 6.74. The van der Waals surface area contributed by atoms with Crippen LogP contribution in [0, 0.1) is 5.92 Å². The highest BCUT2D eigenvalue weighted by Gasteiger charge is 2.31. The van der Waals surface area contributed by atoms with Gasteiger partial charge in [-0.15, -0.1) is 13.2 Å². The predicted octanol–water partition coefficient (Wildman–Crippen LogP) is 2.71. The molecule has 1 aliphatic heterocycles. The van der Waals surface area contributed by atoms with Crippen LogP contribution in [0.5, 0.6) is 5.75 Å². The zero-order valence-corrected chi connectivity index (χ0v) is 15.4. The van der Waals surface area contributed by atoms with Gasteiger partial charge in [-0.3, -0.25) is 14.5 Å². The second-order valence-corrected chi connectivity index (χ2v) is 6.53. The van der Waals surface area contributed by atoms with E-state index in [0.29, 0.717) is 31.9 Å². The Hall–Kier alpha value is -2.29. The minimum absolute atomic E-state index is 0.00384. The summed E-state index contributed by atoms with van der Waals surface area (Å²) < 4.78 is 40.2. The van der Waals surface area contributed by atoms with Crippen molar-refractivity contribution in [3.05, 3.63) is 24.3 Å². The molecule has 150 valence electrons. The van der Waals surface area contributed by atoms with Gasteiger partial charge in [0, 0.05) is 37.8 Å². The van der Waals surface area contributed by atoms with Crippen molar-refractivity contribution in [2.24, 2.45) is 5.92 Å². The van der Waals surface area contributed by atoms with Gasteiger partial charge in [-0.1, -0.05) is 13.8 Å². The highest BCUT2D eigenvalue weighted by Crippen LogP contribution is 2.24. The number of nitrogens with zero attached hydrogens (tertiary/aromatic N) is 2. The molecule has 1 aromatic rings. The van der Waals surface area contributed by atoms with E-state index >= 15 is 0 Å². The van der Waals surface area contributed by atoms with Gasteiger partial charge in [0.2, 0.25) is 11.8 Å². The van der Waals surface area contributed by atoms with Crippen molar-refractivity contribution in [3.63, 3.8) is 0 Å². The van der Waals surface area contributed by atoms with E-state index in [4.69, 9.17) is 0 Å². The standard InChI is InChI=1S/C18H24F3N3O3/c1-3-13(2)17(26)24-10-8-23(9-11-24)12-16(25)22-14-4-6-15(7-5-14)27-18(19,20)21/h4-7,13H,3,8-12H2,1-2H3,(H,22,25). The van der Waals surface area contributed by atoms with Crippen molar-refractivity contribution in [1.82, 2.24) is 9.80 Å². The lowest BCUT2D eigenvalue weighted by atomic mass is 10.1. The maximum Gasteiger partial charge on any atom is 0.573 e. The normalized spacial score (nSPS) is 16.7. The Morgan fingerprint density at radius 2 is 1.74 bits per heavy atom. The number of amides is 2. The lowest BCUT2D eigenvalue weighted by molar-refractivity contribution is -0.274. The summed E-state index contributed by atoms with van der Waals surface area (Å²) >= 11 is 0. The number of hydrogen-bond acceptors (Lipinski definition) is 4. The van der Waals surface area contributed by atoms with Crippen LogP contribution >= 0.6 is 0 Å². The van der Waals surface area contributed by atoms with Gasteiger partial charge in [0.15, 0.2) is 0 Å². The van der Waals surface area contributed by atoms with Crippen LogP contribution in [0.2, 0.25) is 0 Å². The molecule has 1 atom stereocenters. The molecular weight excluding hydrogens is 363 g/mol. The number of piperazine rings is 1. The van der Waals surface area contributed by atoms with Crippen LogP contribution in [-0.4, -0.2) is 60.7 Å². The molecule has 27 heavy (non-hydrogen) atoms. The molecule has 0 aliphatic carbocycles. The number of carbonyl (C=O) groups excluding carboxylic acids is 2. The van der Waals surface area contributed by atoms with Crippen molar-refractivity contribution < 1.29 is 27.5 Å². The van der Waals surface area contributed by atoms with Crippen LogP contribution in [-0.2, 0) is 9.59 Å². The largest absolute Gasteiger partial charge is 0.573 e. The smallest absolute Gasteiger partial charge is 0.406 e. The lowest BCUT2D eigenvalue weighted by Crippen LogP contribution is -2.51. The van der Waals surface area contributed by atoms with Crippen LogP contribution in [0.4, 0.5) is 18.9 Å². The van der Waals surface area contributed by atoms with Gasteiger partial charge < -0.3 is 15.0 Å². The van der Waals surface area contributed by atoms with Crippen molar-refractivity contribution in [2.45, 2.75) is 26.6 Å². The van der Waals surface area contributed by atoms with Gasteiger partial charge in [-0.25, -0.2) is 0 Å². The topological polar surface area (TPSA) is 61.9 Å². The fourth-order valence-corrected chi connectivity index (χ4v) is 2.76. The van der Waals surface area contributed by atoms with Crippen molar-refractivity contribution in [2.75, 3.05) is 38.0 Å². The Labute approximate surface area is 156 Å². The van der Waals surface area contributed by atoms with Crippen molar-refractivity contribution in [1.29, 1.82) is 0 Å². The summed E-state index contributed by atoms with van der Waals surface area (Å²) in [5.41, 5.74) is 0.389. The number of hydrogen-bond donors (Lipinski definition) is 1. The fourth-order valence-electron chi connectivity index (χ4n) is 2.76. The van der Waals surface area contributed by atoms with Gasteiger partial charge in [0.1, 0.15) is 5.75 Å². The van der Waals surface area contributed by atoms with Gasteiger partial charge in [0.25, 0.3) is 0 Å². The first-order chi connectivity index (χ1) is 12.7. The second-order valence-electron chi connectivity index (χ2n) is 6.53. The number of alkyl halides is 3. The van der Waals surface area contributed by atoms with Crippen LogP contribution in [0.25, 0.3) is 0 Å². The van der Waals surface area contributed by atoms with E-state index in [1.165, 1.54) is 12.1 Å². The quantitative estimate of drug-likeness (QED) is 0.815. The van der Waals surface area contributed by atoms with Gasteiger partial charge in [0.05, 0.1) is 6.54 Å². The fraction of sp³-hybridized carbons (Fsp3) is 0.556. The van der Waals surface area contributed by atoms with Crippen molar-refractivity contribution >= 4 is 17.5 Å². The van der Waals surface area contributed by atoms with Crippen LogP contribution in [0.1, 0.15) is 20.3 Å². The summed E-state index contributed by atoms with van der Waals surface area (Å²) in [6.07, 6.45) is -3.95. The molecule has 0 aromatic heterocycles. The van der Waals surface area contributed by atoms with E-state index in [9.17, 15) is 22.8 Å². The number of benzene rings is 1. The molecule has 0 radical (unpaired) electrons. The number of carbonyl (C=O) groups is 2. The highest BCUT2D eigenvalue weighted by molar-refractivity contribution is 5.92. The first kappa shape index (κ1) is 21.0. The van der Waals surface area contributed by atoms with E-state index in [1.54, 1.807) is 0 Å². The summed E-state index contributed by atoms with van der Waals surface area (Å²) in [6, 6.07) is 4.98. The van der Waals surface area contributed by atoms with Gasteiger partial charge in [-0.05, 0) is 30.7 Å². The molecule has 0 saturated carbocycles. The van der Waals surface area contributed by atoms with Crippen LogP contribution in [0.15, 0.2) is 24.3 Å². The maximum absolute atomic E-state index is 12.2. The van der Waals surface area contributed by atoms with Crippen LogP contribution < -0.4 is 10.1 Å². The Morgan fingerprint density at radius 3 is 2.26 bits per heavy atom. The number of halogens is 3. The van der Waals surface area contributed by atoms with E-state index < -0.39 is 6.36 Å². The molecule has 2 amide bonds. The molecule has 0 bridgehead atoms. The average molecular weight is 387 g/mol. The van der Waals surface area contributed by atoms with E-state index in [1.807, 2.05) is 23.6 Å². The molecule has 1 unspecified atom stereocenters. The average Bonchev–Trinajstić information content (AvgIpc) is 2.61. The third-order valence-corrected chi connectivity index (χ3v) is 4.46. The first-order valence-corrected chi connectivity index (χ1v) is 8.84. The number of nitrogens with one attached hydrogen (secondary N) is 1. The number of ether oxygens (including phenoxy) is 1. The van der Waals surface area contributed by atoms with Crippen molar-refractivity contribution in [3.8, 4) is 5.75 Å². The Bertz CT molecular complexity index is 641. The molecule has 6 nitrogen and oxygen atoms in total. The molecule has 1 saturated heterocycles. The van der Waals surface area contributed by atoms with Gasteiger partial charge >= 0.3 is 6.36 Å². The van der Waals surface area contributed by atoms with Crippen LogP contribution in [0.3, 0.4) is 0 Å².